The van der Waals surface area contributed by atoms with E-state index in [1.807, 2.05) is 25.2 Å². The number of ether oxygens (including phenoxy) is 1. The average molecular weight is 305 g/mol. The molecule has 0 bridgehead atoms. The first-order valence-corrected chi connectivity index (χ1v) is 6.71. The highest BCUT2D eigenvalue weighted by molar-refractivity contribution is 6.02. The minimum Gasteiger partial charge on any atom is -0.510 e. The van der Waals surface area contributed by atoms with Gasteiger partial charge in [0.1, 0.15) is 5.76 Å². The molecule has 0 aliphatic heterocycles. The summed E-state index contributed by atoms with van der Waals surface area (Å²) in [6.45, 7) is 6.83. The SMILES string of the molecule is CCOC(=O)NC(=O)C(N=Nc1cc(C)cc(C)c1)=C(C)O. The third kappa shape index (κ3) is 5.35. The molecule has 1 aromatic carbocycles. The van der Waals surface area contributed by atoms with Crippen molar-refractivity contribution in [3.63, 3.8) is 0 Å². The molecule has 7 heteroatoms. The first-order valence-electron chi connectivity index (χ1n) is 6.71. The fourth-order valence-electron chi connectivity index (χ4n) is 1.72. The molecule has 0 spiro atoms. The predicted molar refractivity (Wildman–Crippen MR) is 80.9 cm³/mol. The van der Waals surface area contributed by atoms with Crippen LogP contribution < -0.4 is 5.32 Å². The topological polar surface area (TPSA) is 100 Å². The summed E-state index contributed by atoms with van der Waals surface area (Å²) in [5.74, 6) is -1.23. The van der Waals surface area contributed by atoms with E-state index in [-0.39, 0.29) is 18.1 Å². The van der Waals surface area contributed by atoms with Crippen LogP contribution in [0.3, 0.4) is 0 Å². The van der Waals surface area contributed by atoms with Gasteiger partial charge in [0.15, 0.2) is 5.70 Å². The summed E-state index contributed by atoms with van der Waals surface area (Å²) in [6, 6.07) is 5.54. The second kappa shape index (κ2) is 7.92. The van der Waals surface area contributed by atoms with Gasteiger partial charge in [0.2, 0.25) is 0 Å². The standard InChI is InChI=1S/C15H19N3O4/c1-5-22-15(21)16-14(20)13(11(4)19)18-17-12-7-9(2)6-10(3)8-12/h6-8,19H,5H2,1-4H3,(H,16,20,21). The number of allylic oxidation sites excluding steroid dienone is 1. The molecule has 0 radical (unpaired) electrons. The molecule has 2 amide bonds. The van der Waals surface area contributed by atoms with E-state index in [1.54, 1.807) is 19.1 Å². The molecule has 0 aromatic heterocycles. The number of azo groups is 1. The number of aryl methyl sites for hydroxylation is 2. The van der Waals surface area contributed by atoms with E-state index in [1.165, 1.54) is 6.92 Å². The van der Waals surface area contributed by atoms with Gasteiger partial charge in [-0.2, -0.15) is 5.11 Å². The van der Waals surface area contributed by atoms with E-state index in [2.05, 4.69) is 15.0 Å². The van der Waals surface area contributed by atoms with Crippen molar-refractivity contribution in [1.82, 2.24) is 5.32 Å². The van der Waals surface area contributed by atoms with Crippen molar-refractivity contribution in [2.75, 3.05) is 6.61 Å². The van der Waals surface area contributed by atoms with Crippen molar-refractivity contribution >= 4 is 17.7 Å². The van der Waals surface area contributed by atoms with E-state index in [0.717, 1.165) is 11.1 Å². The van der Waals surface area contributed by atoms with Crippen LogP contribution in [0.2, 0.25) is 0 Å². The maximum Gasteiger partial charge on any atom is 0.414 e. The molecule has 1 aromatic rings. The third-order valence-corrected chi connectivity index (χ3v) is 2.52. The molecule has 7 nitrogen and oxygen atoms in total. The molecule has 1 rings (SSSR count). The van der Waals surface area contributed by atoms with Crippen LogP contribution in [0, 0.1) is 13.8 Å². The summed E-state index contributed by atoms with van der Waals surface area (Å²) < 4.78 is 4.59. The van der Waals surface area contributed by atoms with Crippen molar-refractivity contribution in [1.29, 1.82) is 0 Å². The van der Waals surface area contributed by atoms with Gasteiger partial charge in [0.05, 0.1) is 12.3 Å². The van der Waals surface area contributed by atoms with Crippen LogP contribution in [0.4, 0.5) is 10.5 Å². The second-order valence-corrected chi connectivity index (χ2v) is 4.65. The summed E-state index contributed by atoms with van der Waals surface area (Å²) in [6.07, 6.45) is -0.909. The number of alkyl carbamates (subject to hydrolysis) is 1. The van der Waals surface area contributed by atoms with Crippen molar-refractivity contribution in [2.45, 2.75) is 27.7 Å². The molecule has 0 heterocycles. The Morgan fingerprint density at radius 3 is 2.32 bits per heavy atom. The quantitative estimate of drug-likeness (QED) is 0.505. The number of nitrogens with one attached hydrogen (secondary N) is 1. The first kappa shape index (κ1) is 17.4. The fraction of sp³-hybridized carbons (Fsp3) is 0.333. The van der Waals surface area contributed by atoms with Crippen LogP contribution in [0.15, 0.2) is 39.9 Å². The number of rotatable bonds is 4. The highest BCUT2D eigenvalue weighted by Gasteiger charge is 2.16. The average Bonchev–Trinajstić information content (AvgIpc) is 2.37. The smallest absolute Gasteiger partial charge is 0.414 e. The predicted octanol–water partition coefficient (Wildman–Crippen LogP) is 3.45. The van der Waals surface area contributed by atoms with Gasteiger partial charge in [-0.15, -0.1) is 5.11 Å². The van der Waals surface area contributed by atoms with Gasteiger partial charge in [-0.05, 0) is 51.0 Å². The molecule has 118 valence electrons. The lowest BCUT2D eigenvalue weighted by atomic mass is 10.1. The van der Waals surface area contributed by atoms with Crippen molar-refractivity contribution in [3.05, 3.63) is 40.8 Å². The lowest BCUT2D eigenvalue weighted by molar-refractivity contribution is -0.117. The number of aliphatic hydroxyl groups excluding tert-OH is 1. The number of hydrogen-bond donors (Lipinski definition) is 2. The Kier molecular flexibility index (Phi) is 6.25. The van der Waals surface area contributed by atoms with Crippen LogP contribution in [0.5, 0.6) is 0 Å². The van der Waals surface area contributed by atoms with Gasteiger partial charge in [-0.25, -0.2) is 4.79 Å². The number of hydrogen-bond acceptors (Lipinski definition) is 6. The van der Waals surface area contributed by atoms with Crippen molar-refractivity contribution in [2.24, 2.45) is 10.2 Å². The Labute approximate surface area is 128 Å². The largest absolute Gasteiger partial charge is 0.510 e. The molecule has 0 atom stereocenters. The molecular weight excluding hydrogens is 286 g/mol. The van der Waals surface area contributed by atoms with Gasteiger partial charge in [0, 0.05) is 0 Å². The number of nitrogens with zero attached hydrogens (tertiary/aromatic N) is 2. The van der Waals surface area contributed by atoms with Gasteiger partial charge >= 0.3 is 6.09 Å². The number of amides is 2. The summed E-state index contributed by atoms with van der Waals surface area (Å²) in [5, 5.41) is 19.1. The Balaban J connectivity index is 2.93. The number of carbonyl (C=O) groups excluding carboxylic acids is 2. The van der Waals surface area contributed by atoms with Gasteiger partial charge in [-0.3, -0.25) is 10.1 Å². The maximum atomic E-state index is 11.8. The number of benzene rings is 1. The molecule has 0 unspecified atom stereocenters. The van der Waals surface area contributed by atoms with Crippen LogP contribution in [-0.4, -0.2) is 23.7 Å². The Morgan fingerprint density at radius 1 is 1.23 bits per heavy atom. The molecule has 0 aliphatic rings. The van der Waals surface area contributed by atoms with E-state index in [4.69, 9.17) is 0 Å². The summed E-state index contributed by atoms with van der Waals surface area (Å²) in [4.78, 5) is 23.1. The summed E-state index contributed by atoms with van der Waals surface area (Å²) >= 11 is 0. The van der Waals surface area contributed by atoms with E-state index in [0.29, 0.717) is 5.69 Å². The summed E-state index contributed by atoms with van der Waals surface area (Å²) in [7, 11) is 0. The van der Waals surface area contributed by atoms with Crippen LogP contribution in [0.1, 0.15) is 25.0 Å². The van der Waals surface area contributed by atoms with Gasteiger partial charge in [-0.1, -0.05) is 6.07 Å². The maximum absolute atomic E-state index is 11.8. The normalized spacial score (nSPS) is 12.0. The minimum absolute atomic E-state index is 0.125. The fourth-order valence-corrected chi connectivity index (χ4v) is 1.72. The molecule has 0 saturated carbocycles. The van der Waals surface area contributed by atoms with Crippen LogP contribution in [-0.2, 0) is 9.53 Å². The molecule has 0 saturated heterocycles. The number of carbonyl (C=O) groups is 2. The zero-order valence-electron chi connectivity index (χ0n) is 13.0. The number of imide groups is 1. The van der Waals surface area contributed by atoms with E-state index in [9.17, 15) is 14.7 Å². The highest BCUT2D eigenvalue weighted by Crippen LogP contribution is 2.19. The number of aliphatic hydroxyl groups is 1. The van der Waals surface area contributed by atoms with Gasteiger partial charge in [0.25, 0.3) is 5.91 Å². The Hall–Kier alpha value is -2.70. The van der Waals surface area contributed by atoms with Crippen molar-refractivity contribution in [3.8, 4) is 0 Å². The third-order valence-electron chi connectivity index (χ3n) is 2.52. The highest BCUT2D eigenvalue weighted by atomic mass is 16.5. The Morgan fingerprint density at radius 2 is 1.82 bits per heavy atom. The molecular formula is C15H19N3O4. The van der Waals surface area contributed by atoms with Crippen molar-refractivity contribution < 1.29 is 19.4 Å². The lowest BCUT2D eigenvalue weighted by Crippen LogP contribution is -2.32. The lowest BCUT2D eigenvalue weighted by Gasteiger charge is -2.04. The van der Waals surface area contributed by atoms with E-state index < -0.39 is 12.0 Å². The first-order chi connectivity index (χ1) is 10.3. The van der Waals surface area contributed by atoms with Crippen LogP contribution in [0.25, 0.3) is 0 Å². The van der Waals surface area contributed by atoms with Crippen LogP contribution >= 0.6 is 0 Å². The molecule has 0 aliphatic carbocycles. The minimum atomic E-state index is -0.909. The zero-order chi connectivity index (χ0) is 16.7. The Bertz CT molecular complexity index is 611. The zero-order valence-corrected chi connectivity index (χ0v) is 13.0. The van der Waals surface area contributed by atoms with Gasteiger partial charge < -0.3 is 9.84 Å². The molecule has 0 fully saturated rings. The second-order valence-electron chi connectivity index (χ2n) is 4.65. The molecule has 22 heavy (non-hydrogen) atoms. The summed E-state index contributed by atoms with van der Waals surface area (Å²) in [5.41, 5.74) is 2.18. The van der Waals surface area contributed by atoms with E-state index >= 15 is 0 Å². The monoisotopic (exact) mass is 305 g/mol. The molecule has 2 N–H and O–H groups in total.